The average Bonchev–Trinajstić information content (AvgIpc) is 2.26. The molecule has 1 aliphatic heterocycles. The Morgan fingerprint density at radius 2 is 2.00 bits per heavy atom. The molecular formula is C10H16N2O6. The quantitative estimate of drug-likeness (QED) is 0.547. The van der Waals surface area contributed by atoms with E-state index >= 15 is 0 Å². The first kappa shape index (κ1) is 14.4. The van der Waals surface area contributed by atoms with E-state index < -0.39 is 36.4 Å². The SMILES string of the molecule is NC(CC(=O)O)C(=O)N1CCOC(CC(=O)O)C1. The number of aliphatic carboxylic acids is 2. The van der Waals surface area contributed by atoms with E-state index in [0.29, 0.717) is 6.54 Å². The fourth-order valence-corrected chi connectivity index (χ4v) is 1.75. The highest BCUT2D eigenvalue weighted by Gasteiger charge is 2.29. The smallest absolute Gasteiger partial charge is 0.306 e. The van der Waals surface area contributed by atoms with Crippen molar-refractivity contribution in [2.75, 3.05) is 19.7 Å². The van der Waals surface area contributed by atoms with Crippen molar-refractivity contribution >= 4 is 17.8 Å². The Labute approximate surface area is 103 Å². The third-order valence-corrected chi connectivity index (χ3v) is 2.56. The van der Waals surface area contributed by atoms with Gasteiger partial charge in [-0.15, -0.1) is 0 Å². The lowest BCUT2D eigenvalue weighted by atomic mass is 10.1. The van der Waals surface area contributed by atoms with Crippen LogP contribution in [0.2, 0.25) is 0 Å². The maximum absolute atomic E-state index is 11.8. The topological polar surface area (TPSA) is 130 Å². The summed E-state index contributed by atoms with van der Waals surface area (Å²) < 4.78 is 5.20. The number of amides is 1. The van der Waals surface area contributed by atoms with Crippen molar-refractivity contribution < 1.29 is 29.3 Å². The lowest BCUT2D eigenvalue weighted by Gasteiger charge is -2.33. The van der Waals surface area contributed by atoms with Gasteiger partial charge in [0.1, 0.15) is 0 Å². The lowest BCUT2D eigenvalue weighted by molar-refractivity contribution is -0.149. The highest BCUT2D eigenvalue weighted by Crippen LogP contribution is 2.10. The number of nitrogens with two attached hydrogens (primary N) is 1. The molecule has 1 saturated heterocycles. The summed E-state index contributed by atoms with van der Waals surface area (Å²) in [5, 5.41) is 17.2. The number of hydrogen-bond donors (Lipinski definition) is 3. The summed E-state index contributed by atoms with van der Waals surface area (Å²) in [6.07, 6.45) is -1.21. The van der Waals surface area contributed by atoms with E-state index in [9.17, 15) is 14.4 Å². The van der Waals surface area contributed by atoms with Crippen molar-refractivity contribution in [1.82, 2.24) is 4.90 Å². The van der Waals surface area contributed by atoms with E-state index in [-0.39, 0.29) is 19.6 Å². The van der Waals surface area contributed by atoms with E-state index in [0.717, 1.165) is 0 Å². The molecule has 0 radical (unpaired) electrons. The van der Waals surface area contributed by atoms with Crippen LogP contribution in [-0.2, 0) is 19.1 Å². The Morgan fingerprint density at radius 3 is 2.56 bits per heavy atom. The van der Waals surface area contributed by atoms with Gasteiger partial charge in [-0.2, -0.15) is 0 Å². The number of morpholine rings is 1. The highest BCUT2D eigenvalue weighted by molar-refractivity contribution is 5.86. The van der Waals surface area contributed by atoms with Crippen molar-refractivity contribution in [3.63, 3.8) is 0 Å². The Balaban J connectivity index is 2.52. The molecule has 0 aromatic carbocycles. The zero-order valence-electron chi connectivity index (χ0n) is 9.74. The number of carbonyl (C=O) groups is 3. The van der Waals surface area contributed by atoms with Crippen LogP contribution < -0.4 is 5.73 Å². The molecule has 0 bridgehead atoms. The molecule has 1 rings (SSSR count). The number of carboxylic acid groups (broad SMARTS) is 2. The molecule has 0 aliphatic carbocycles. The molecule has 2 atom stereocenters. The molecule has 102 valence electrons. The third kappa shape index (κ3) is 4.30. The van der Waals surface area contributed by atoms with E-state index in [4.69, 9.17) is 20.7 Å². The van der Waals surface area contributed by atoms with Crippen LogP contribution in [0.4, 0.5) is 0 Å². The molecule has 18 heavy (non-hydrogen) atoms. The molecular weight excluding hydrogens is 244 g/mol. The van der Waals surface area contributed by atoms with Crippen molar-refractivity contribution in [3.8, 4) is 0 Å². The predicted molar refractivity (Wildman–Crippen MR) is 58.8 cm³/mol. The van der Waals surface area contributed by atoms with Crippen molar-refractivity contribution in [3.05, 3.63) is 0 Å². The van der Waals surface area contributed by atoms with Gasteiger partial charge in [0.15, 0.2) is 0 Å². The van der Waals surface area contributed by atoms with E-state index in [1.807, 2.05) is 0 Å². The maximum Gasteiger partial charge on any atom is 0.306 e. The zero-order valence-corrected chi connectivity index (χ0v) is 9.74. The number of carboxylic acids is 2. The summed E-state index contributed by atoms with van der Waals surface area (Å²) >= 11 is 0. The van der Waals surface area contributed by atoms with E-state index in [2.05, 4.69) is 0 Å². The summed E-state index contributed by atoms with van der Waals surface area (Å²) in [6.45, 7) is 0.643. The highest BCUT2D eigenvalue weighted by atomic mass is 16.5. The molecule has 1 heterocycles. The number of carbonyl (C=O) groups excluding carboxylic acids is 1. The van der Waals surface area contributed by atoms with Crippen LogP contribution in [0.3, 0.4) is 0 Å². The van der Waals surface area contributed by atoms with Gasteiger partial charge in [0.05, 0.1) is 31.6 Å². The predicted octanol–water partition coefficient (Wildman–Crippen LogP) is -1.51. The monoisotopic (exact) mass is 260 g/mol. The summed E-state index contributed by atoms with van der Waals surface area (Å²) in [4.78, 5) is 34.1. The minimum Gasteiger partial charge on any atom is -0.481 e. The molecule has 8 heteroatoms. The van der Waals surface area contributed by atoms with Crippen LogP contribution in [0.1, 0.15) is 12.8 Å². The molecule has 0 saturated carbocycles. The normalized spacial score (nSPS) is 21.4. The molecule has 1 aliphatic rings. The Morgan fingerprint density at radius 1 is 1.33 bits per heavy atom. The first-order valence-corrected chi connectivity index (χ1v) is 5.49. The minimum atomic E-state index is -1.15. The van der Waals surface area contributed by atoms with Crippen LogP contribution in [0.5, 0.6) is 0 Å². The van der Waals surface area contributed by atoms with Gasteiger partial charge in [0, 0.05) is 13.1 Å². The molecule has 0 spiro atoms. The van der Waals surface area contributed by atoms with Gasteiger partial charge < -0.3 is 25.6 Å². The number of rotatable bonds is 5. The Hall–Kier alpha value is -1.67. The zero-order chi connectivity index (χ0) is 13.7. The van der Waals surface area contributed by atoms with E-state index in [1.165, 1.54) is 4.90 Å². The lowest BCUT2D eigenvalue weighted by Crippen LogP contribution is -2.52. The number of ether oxygens (including phenoxy) is 1. The fraction of sp³-hybridized carbons (Fsp3) is 0.700. The molecule has 1 amide bonds. The molecule has 2 unspecified atom stereocenters. The van der Waals surface area contributed by atoms with Gasteiger partial charge in [0.25, 0.3) is 0 Å². The summed E-state index contributed by atoms with van der Waals surface area (Å²) in [5.74, 6) is -2.65. The summed E-state index contributed by atoms with van der Waals surface area (Å²) in [7, 11) is 0. The summed E-state index contributed by atoms with van der Waals surface area (Å²) in [5.41, 5.74) is 5.47. The number of nitrogens with zero attached hydrogens (tertiary/aromatic N) is 1. The van der Waals surface area contributed by atoms with Crippen LogP contribution in [0.25, 0.3) is 0 Å². The first-order chi connectivity index (χ1) is 8.40. The third-order valence-electron chi connectivity index (χ3n) is 2.56. The maximum atomic E-state index is 11.8. The van der Waals surface area contributed by atoms with Gasteiger partial charge in [-0.1, -0.05) is 0 Å². The van der Waals surface area contributed by atoms with Gasteiger partial charge in [-0.05, 0) is 0 Å². The Bertz CT molecular complexity index is 345. The molecule has 4 N–H and O–H groups in total. The largest absolute Gasteiger partial charge is 0.481 e. The molecule has 1 fully saturated rings. The van der Waals surface area contributed by atoms with Crippen molar-refractivity contribution in [2.24, 2.45) is 5.73 Å². The molecule has 0 aromatic rings. The van der Waals surface area contributed by atoms with Gasteiger partial charge in [0.2, 0.25) is 5.91 Å². The van der Waals surface area contributed by atoms with Gasteiger partial charge >= 0.3 is 11.9 Å². The van der Waals surface area contributed by atoms with E-state index in [1.54, 1.807) is 0 Å². The fourth-order valence-electron chi connectivity index (χ4n) is 1.75. The second-order valence-corrected chi connectivity index (χ2v) is 4.08. The van der Waals surface area contributed by atoms with Gasteiger partial charge in [-0.25, -0.2) is 0 Å². The summed E-state index contributed by atoms with van der Waals surface area (Å²) in [6, 6.07) is -1.11. The first-order valence-electron chi connectivity index (χ1n) is 5.49. The molecule has 0 aromatic heterocycles. The molecule has 8 nitrogen and oxygen atoms in total. The van der Waals surface area contributed by atoms with Crippen LogP contribution in [-0.4, -0.2) is 64.8 Å². The van der Waals surface area contributed by atoms with Crippen LogP contribution >= 0.6 is 0 Å². The standard InChI is InChI=1S/C10H16N2O6/c11-7(4-9(15)16)10(17)12-1-2-18-6(5-12)3-8(13)14/h6-7H,1-5,11H2,(H,13,14)(H,15,16). The van der Waals surface area contributed by atoms with Crippen molar-refractivity contribution in [2.45, 2.75) is 25.0 Å². The van der Waals surface area contributed by atoms with Crippen molar-refractivity contribution in [1.29, 1.82) is 0 Å². The van der Waals surface area contributed by atoms with Crippen LogP contribution in [0, 0.1) is 0 Å². The Kier molecular flexibility index (Phi) is 5.05. The second-order valence-electron chi connectivity index (χ2n) is 4.08. The second kappa shape index (κ2) is 6.31. The van der Waals surface area contributed by atoms with Gasteiger partial charge in [-0.3, -0.25) is 14.4 Å². The minimum absolute atomic E-state index is 0.123. The average molecular weight is 260 g/mol. The number of hydrogen-bond acceptors (Lipinski definition) is 5. The van der Waals surface area contributed by atoms with Crippen LogP contribution in [0.15, 0.2) is 0 Å².